The summed E-state index contributed by atoms with van der Waals surface area (Å²) >= 11 is 3.57. The summed E-state index contributed by atoms with van der Waals surface area (Å²) in [7, 11) is 0. The molecule has 0 radical (unpaired) electrons. The van der Waals surface area contributed by atoms with E-state index >= 15 is 0 Å². The summed E-state index contributed by atoms with van der Waals surface area (Å²) in [6.07, 6.45) is 0.572. The van der Waals surface area contributed by atoms with Gasteiger partial charge in [0, 0.05) is 22.3 Å². The Hall–Kier alpha value is -3.43. The minimum atomic E-state index is -1.05. The van der Waals surface area contributed by atoms with E-state index < -0.39 is 16.5 Å². The minimum Gasteiger partial charge on any atom is -0.399 e. The average molecular weight is 496 g/mol. The Morgan fingerprint density at radius 2 is 1.72 bits per heavy atom. The highest BCUT2D eigenvalue weighted by atomic mass is 79.9. The van der Waals surface area contributed by atoms with Crippen molar-refractivity contribution in [2.75, 3.05) is 5.73 Å². The minimum absolute atomic E-state index is 0.0237. The zero-order valence-corrected chi connectivity index (χ0v) is 18.9. The SMILES string of the molecule is CC1Cc2ccc(Br)cc2C(c2ccc(N)cc2)(c2ccc([N+](=O)[O-])cc2)NN1C(N)=O. The number of carbonyl (C=O) groups excluding carboxylic acids is 1. The van der Waals surface area contributed by atoms with Crippen LogP contribution in [0, 0.1) is 10.1 Å². The quantitative estimate of drug-likeness (QED) is 0.286. The van der Waals surface area contributed by atoms with E-state index in [4.69, 9.17) is 11.5 Å². The maximum absolute atomic E-state index is 12.5. The van der Waals surface area contributed by atoms with Gasteiger partial charge in [-0.05, 0) is 72.0 Å². The normalized spacial score (nSPS) is 20.3. The first-order valence-electron chi connectivity index (χ1n) is 9.98. The summed E-state index contributed by atoms with van der Waals surface area (Å²) < 4.78 is 0.861. The fraction of sp³-hybridized carbons (Fsp3) is 0.174. The van der Waals surface area contributed by atoms with E-state index in [1.54, 1.807) is 24.3 Å². The number of carbonyl (C=O) groups is 1. The molecule has 5 N–H and O–H groups in total. The van der Waals surface area contributed by atoms with E-state index in [2.05, 4.69) is 21.4 Å². The molecule has 1 heterocycles. The first kappa shape index (κ1) is 21.8. The molecule has 1 aliphatic rings. The summed E-state index contributed by atoms with van der Waals surface area (Å²) in [5, 5.41) is 12.7. The van der Waals surface area contributed by atoms with Gasteiger partial charge in [0.2, 0.25) is 0 Å². The van der Waals surface area contributed by atoms with Gasteiger partial charge in [0.05, 0.1) is 11.0 Å². The standard InChI is InChI=1S/C23H22BrN5O3/c1-14-12-15-2-7-18(24)13-21(15)23(27-28(14)22(26)30,16-3-8-19(25)9-4-16)17-5-10-20(11-6-17)29(31)32/h2-11,13-14,27H,12,25H2,1H3,(H2,26,30). The van der Waals surface area contributed by atoms with Crippen LogP contribution in [0.15, 0.2) is 71.2 Å². The number of amides is 2. The van der Waals surface area contributed by atoms with Gasteiger partial charge < -0.3 is 11.5 Å². The van der Waals surface area contributed by atoms with Crippen molar-refractivity contribution in [2.45, 2.75) is 24.9 Å². The molecule has 2 unspecified atom stereocenters. The molecule has 0 fully saturated rings. The Balaban J connectivity index is 2.08. The Bertz CT molecular complexity index is 1180. The van der Waals surface area contributed by atoms with E-state index in [-0.39, 0.29) is 11.7 Å². The molecule has 0 saturated carbocycles. The zero-order valence-electron chi connectivity index (χ0n) is 17.3. The molecule has 0 aromatic heterocycles. The summed E-state index contributed by atoms with van der Waals surface area (Å²) in [5.74, 6) is 0. The highest BCUT2D eigenvalue weighted by Gasteiger charge is 2.44. The zero-order chi connectivity index (χ0) is 23.0. The van der Waals surface area contributed by atoms with Gasteiger partial charge >= 0.3 is 6.03 Å². The van der Waals surface area contributed by atoms with Crippen LogP contribution in [0.2, 0.25) is 0 Å². The monoisotopic (exact) mass is 495 g/mol. The number of rotatable bonds is 3. The fourth-order valence-electron chi connectivity index (χ4n) is 4.28. The van der Waals surface area contributed by atoms with Gasteiger partial charge in [-0.15, -0.1) is 0 Å². The van der Waals surface area contributed by atoms with Crippen LogP contribution in [-0.2, 0) is 12.0 Å². The summed E-state index contributed by atoms with van der Waals surface area (Å²) in [6, 6.07) is 18.7. The maximum Gasteiger partial charge on any atom is 0.329 e. The maximum atomic E-state index is 12.5. The molecule has 8 nitrogen and oxygen atoms in total. The number of fused-ring (bicyclic) bond motifs is 1. The number of primary amides is 1. The number of nitrogens with two attached hydrogens (primary N) is 2. The molecule has 2 atom stereocenters. The number of hydrogen-bond donors (Lipinski definition) is 3. The van der Waals surface area contributed by atoms with Crippen LogP contribution >= 0.6 is 15.9 Å². The van der Waals surface area contributed by atoms with Crippen LogP contribution in [0.3, 0.4) is 0 Å². The third-order valence-electron chi connectivity index (χ3n) is 5.81. The number of nitrogen functional groups attached to an aromatic ring is 1. The van der Waals surface area contributed by atoms with Crippen molar-refractivity contribution >= 4 is 33.3 Å². The fourth-order valence-corrected chi connectivity index (χ4v) is 4.64. The highest BCUT2D eigenvalue weighted by molar-refractivity contribution is 9.10. The van der Waals surface area contributed by atoms with E-state index in [0.29, 0.717) is 17.7 Å². The molecule has 0 bridgehead atoms. The Kier molecular flexibility index (Phi) is 5.62. The Morgan fingerprint density at radius 3 is 2.28 bits per heavy atom. The lowest BCUT2D eigenvalue weighted by molar-refractivity contribution is -0.384. The number of nitro benzene ring substituents is 1. The highest BCUT2D eigenvalue weighted by Crippen LogP contribution is 2.43. The van der Waals surface area contributed by atoms with Crippen molar-refractivity contribution in [3.8, 4) is 0 Å². The predicted octanol–water partition coefficient (Wildman–Crippen LogP) is 4.06. The number of nitrogens with one attached hydrogen (secondary N) is 1. The molecule has 4 rings (SSSR count). The number of hydrazine groups is 1. The topological polar surface area (TPSA) is 128 Å². The number of nitro groups is 1. The van der Waals surface area contributed by atoms with Crippen molar-refractivity contribution in [3.63, 3.8) is 0 Å². The van der Waals surface area contributed by atoms with Gasteiger partial charge in [-0.1, -0.05) is 34.1 Å². The van der Waals surface area contributed by atoms with E-state index in [0.717, 1.165) is 21.2 Å². The van der Waals surface area contributed by atoms with Crippen molar-refractivity contribution in [1.29, 1.82) is 0 Å². The van der Waals surface area contributed by atoms with Crippen LogP contribution in [0.1, 0.15) is 29.2 Å². The number of benzene rings is 3. The van der Waals surface area contributed by atoms with Crippen molar-refractivity contribution in [1.82, 2.24) is 10.4 Å². The van der Waals surface area contributed by atoms with E-state index in [9.17, 15) is 14.9 Å². The number of urea groups is 1. The van der Waals surface area contributed by atoms with Crippen LogP contribution in [0.4, 0.5) is 16.2 Å². The Morgan fingerprint density at radius 1 is 1.12 bits per heavy atom. The number of hydrogen-bond acceptors (Lipinski definition) is 5. The molecule has 32 heavy (non-hydrogen) atoms. The largest absolute Gasteiger partial charge is 0.399 e. The number of nitrogens with zero attached hydrogens (tertiary/aromatic N) is 2. The summed E-state index contributed by atoms with van der Waals surface area (Å²) in [6.45, 7) is 1.92. The van der Waals surface area contributed by atoms with Gasteiger partial charge in [-0.2, -0.15) is 0 Å². The molecule has 1 aliphatic heterocycles. The molecular weight excluding hydrogens is 474 g/mol. The molecule has 0 spiro atoms. The van der Waals surface area contributed by atoms with E-state index in [1.807, 2.05) is 37.3 Å². The second kappa shape index (κ2) is 8.25. The van der Waals surface area contributed by atoms with Gasteiger partial charge in [-0.25, -0.2) is 10.2 Å². The molecule has 164 valence electrons. The van der Waals surface area contributed by atoms with Gasteiger partial charge in [0.15, 0.2) is 0 Å². The first-order chi connectivity index (χ1) is 15.2. The van der Waals surface area contributed by atoms with Crippen LogP contribution in [-0.4, -0.2) is 22.0 Å². The summed E-state index contributed by atoms with van der Waals surface area (Å²) in [4.78, 5) is 23.3. The van der Waals surface area contributed by atoms with Gasteiger partial charge in [-0.3, -0.25) is 15.1 Å². The molecule has 9 heteroatoms. The smallest absolute Gasteiger partial charge is 0.329 e. The molecular formula is C23H22BrN5O3. The van der Waals surface area contributed by atoms with Crippen molar-refractivity contribution in [3.05, 3.63) is 104 Å². The van der Waals surface area contributed by atoms with Crippen LogP contribution in [0.25, 0.3) is 0 Å². The lowest BCUT2D eigenvalue weighted by Crippen LogP contribution is -2.58. The van der Waals surface area contributed by atoms with Gasteiger partial charge in [0.1, 0.15) is 5.54 Å². The van der Waals surface area contributed by atoms with Gasteiger partial charge in [0.25, 0.3) is 5.69 Å². The first-order valence-corrected chi connectivity index (χ1v) is 10.8. The average Bonchev–Trinajstić information content (AvgIpc) is 2.89. The third kappa shape index (κ3) is 3.69. The third-order valence-corrected chi connectivity index (χ3v) is 6.31. The predicted molar refractivity (Wildman–Crippen MR) is 126 cm³/mol. The van der Waals surface area contributed by atoms with Crippen LogP contribution in [0.5, 0.6) is 0 Å². The number of anilines is 1. The summed E-state index contributed by atoms with van der Waals surface area (Å²) in [5.41, 5.74) is 18.1. The Labute approximate surface area is 193 Å². The molecule has 0 saturated heterocycles. The lowest BCUT2D eigenvalue weighted by Gasteiger charge is -2.40. The van der Waals surface area contributed by atoms with Crippen LogP contribution < -0.4 is 16.9 Å². The number of non-ortho nitro benzene ring substituents is 1. The lowest BCUT2D eigenvalue weighted by atomic mass is 9.75. The molecule has 3 aromatic carbocycles. The second-order valence-corrected chi connectivity index (χ2v) is 8.77. The van der Waals surface area contributed by atoms with E-state index in [1.165, 1.54) is 17.1 Å². The molecule has 2 amide bonds. The van der Waals surface area contributed by atoms with Crippen molar-refractivity contribution < 1.29 is 9.72 Å². The molecule has 3 aromatic rings. The number of halogens is 1. The van der Waals surface area contributed by atoms with Crippen molar-refractivity contribution in [2.24, 2.45) is 5.73 Å². The molecule has 0 aliphatic carbocycles. The second-order valence-electron chi connectivity index (χ2n) is 7.85.